The van der Waals surface area contributed by atoms with E-state index in [-0.39, 0.29) is 0 Å². The largest absolute Gasteiger partial charge is 0.372 e. The van der Waals surface area contributed by atoms with Gasteiger partial charge in [0, 0.05) is 20.1 Å². The summed E-state index contributed by atoms with van der Waals surface area (Å²) in [6.07, 6.45) is 6.09. The van der Waals surface area contributed by atoms with Crippen molar-refractivity contribution in [2.45, 2.75) is 12.8 Å². The first-order chi connectivity index (χ1) is 8.28. The maximum atomic E-state index is 4.40. The first-order valence-electron chi connectivity index (χ1n) is 6.20. The number of hydrogen-bond acceptors (Lipinski definition) is 5. The predicted molar refractivity (Wildman–Crippen MR) is 70.3 cm³/mol. The minimum absolute atomic E-state index is 0.716. The Labute approximate surface area is 103 Å². The zero-order valence-corrected chi connectivity index (χ0v) is 10.6. The third-order valence-electron chi connectivity index (χ3n) is 3.18. The van der Waals surface area contributed by atoms with Crippen LogP contribution in [-0.4, -0.2) is 48.6 Å². The molecule has 1 saturated heterocycles. The van der Waals surface area contributed by atoms with Gasteiger partial charge in [-0.15, -0.1) is 0 Å². The van der Waals surface area contributed by atoms with Crippen molar-refractivity contribution in [3.05, 3.63) is 12.4 Å². The van der Waals surface area contributed by atoms with E-state index in [2.05, 4.69) is 32.5 Å². The number of piperidine rings is 1. The van der Waals surface area contributed by atoms with Gasteiger partial charge in [-0.2, -0.15) is 0 Å². The van der Waals surface area contributed by atoms with Crippen LogP contribution in [-0.2, 0) is 0 Å². The molecule has 0 spiro atoms. The summed E-state index contributed by atoms with van der Waals surface area (Å²) in [6.45, 7) is 3.38. The molecule has 0 radical (unpaired) electrons. The van der Waals surface area contributed by atoms with E-state index in [4.69, 9.17) is 0 Å². The molecule has 2 rings (SSSR count). The van der Waals surface area contributed by atoms with E-state index >= 15 is 0 Å². The van der Waals surface area contributed by atoms with Gasteiger partial charge in [0.2, 0.25) is 0 Å². The minimum Gasteiger partial charge on any atom is -0.372 e. The highest BCUT2D eigenvalue weighted by atomic mass is 15.1. The molecule has 0 saturated carbocycles. The maximum absolute atomic E-state index is 4.40. The lowest BCUT2D eigenvalue weighted by molar-refractivity contribution is 0.217. The fraction of sp³-hybridized carbons (Fsp3) is 0.667. The van der Waals surface area contributed by atoms with Crippen molar-refractivity contribution in [3.63, 3.8) is 0 Å². The molecule has 2 heterocycles. The number of nitrogens with zero attached hydrogens (tertiary/aromatic N) is 3. The van der Waals surface area contributed by atoms with E-state index in [1.807, 2.05) is 7.05 Å². The van der Waals surface area contributed by atoms with Gasteiger partial charge in [-0.05, 0) is 32.4 Å². The predicted octanol–water partition coefficient (Wildman–Crippen LogP) is 1.27. The van der Waals surface area contributed by atoms with Crippen LogP contribution in [0.3, 0.4) is 0 Å². The lowest BCUT2D eigenvalue weighted by Crippen LogP contribution is -2.35. The fourth-order valence-electron chi connectivity index (χ4n) is 2.26. The molecule has 94 valence electrons. The highest BCUT2D eigenvalue weighted by Crippen LogP contribution is 2.15. The Bertz CT molecular complexity index is 355. The summed E-state index contributed by atoms with van der Waals surface area (Å²) in [7, 11) is 4.04. The standard InChI is InChI=1S/C12H21N5/c1-13-11-7-14-8-12(16-11)15-6-10-4-3-5-17(2)9-10/h7-8,10H,3-6,9H2,1-2H3,(H2,13,15,16). The molecule has 0 aliphatic carbocycles. The normalized spacial score (nSPS) is 21.2. The van der Waals surface area contributed by atoms with Gasteiger partial charge in [-0.3, -0.25) is 4.98 Å². The third-order valence-corrected chi connectivity index (χ3v) is 3.18. The molecule has 5 heteroatoms. The Morgan fingerprint density at radius 2 is 2.24 bits per heavy atom. The SMILES string of the molecule is CNc1cncc(NCC2CCCN(C)C2)n1. The van der Waals surface area contributed by atoms with Crippen LogP contribution in [0.15, 0.2) is 12.4 Å². The van der Waals surface area contributed by atoms with Gasteiger partial charge in [0.05, 0.1) is 12.4 Å². The zero-order valence-electron chi connectivity index (χ0n) is 10.6. The van der Waals surface area contributed by atoms with E-state index < -0.39 is 0 Å². The van der Waals surface area contributed by atoms with E-state index in [9.17, 15) is 0 Å². The van der Waals surface area contributed by atoms with E-state index in [0.29, 0.717) is 5.92 Å². The smallest absolute Gasteiger partial charge is 0.146 e. The molecular weight excluding hydrogens is 214 g/mol. The molecule has 17 heavy (non-hydrogen) atoms. The zero-order chi connectivity index (χ0) is 12.1. The van der Waals surface area contributed by atoms with Crippen molar-refractivity contribution >= 4 is 11.6 Å². The molecule has 1 unspecified atom stereocenters. The summed E-state index contributed by atoms with van der Waals surface area (Å²) in [5, 5.41) is 6.36. The molecule has 0 aromatic carbocycles. The molecular formula is C12H21N5. The molecule has 1 aromatic rings. The van der Waals surface area contributed by atoms with Crippen LogP contribution in [0.5, 0.6) is 0 Å². The number of hydrogen-bond donors (Lipinski definition) is 2. The number of anilines is 2. The molecule has 0 bridgehead atoms. The number of rotatable bonds is 4. The van der Waals surface area contributed by atoms with Crippen molar-refractivity contribution in [2.75, 3.05) is 44.4 Å². The van der Waals surface area contributed by atoms with Crippen LogP contribution in [0.25, 0.3) is 0 Å². The molecule has 0 amide bonds. The molecule has 1 atom stereocenters. The van der Waals surface area contributed by atoms with Crippen molar-refractivity contribution < 1.29 is 0 Å². The van der Waals surface area contributed by atoms with Gasteiger partial charge in [0.1, 0.15) is 11.6 Å². The number of likely N-dealkylation sites (tertiary alicyclic amines) is 1. The maximum Gasteiger partial charge on any atom is 0.146 e. The first kappa shape index (κ1) is 12.1. The average Bonchev–Trinajstić information content (AvgIpc) is 2.37. The third kappa shape index (κ3) is 3.56. The Morgan fingerprint density at radius 3 is 3.00 bits per heavy atom. The van der Waals surface area contributed by atoms with Gasteiger partial charge in [0.25, 0.3) is 0 Å². The van der Waals surface area contributed by atoms with Crippen LogP contribution >= 0.6 is 0 Å². The summed E-state index contributed by atoms with van der Waals surface area (Å²) in [4.78, 5) is 10.9. The fourth-order valence-corrected chi connectivity index (χ4v) is 2.26. The second-order valence-electron chi connectivity index (χ2n) is 4.69. The van der Waals surface area contributed by atoms with Crippen molar-refractivity contribution in [2.24, 2.45) is 5.92 Å². The second-order valence-corrected chi connectivity index (χ2v) is 4.69. The second kappa shape index (κ2) is 5.82. The summed E-state index contributed by atoms with van der Waals surface area (Å²) >= 11 is 0. The highest BCUT2D eigenvalue weighted by molar-refractivity contribution is 5.40. The molecule has 5 nitrogen and oxygen atoms in total. The van der Waals surface area contributed by atoms with Crippen molar-refractivity contribution in [3.8, 4) is 0 Å². The number of aromatic nitrogens is 2. The summed E-state index contributed by atoms with van der Waals surface area (Å²) in [6, 6.07) is 0. The monoisotopic (exact) mass is 235 g/mol. The molecule has 1 aromatic heterocycles. The van der Waals surface area contributed by atoms with Gasteiger partial charge in [0.15, 0.2) is 0 Å². The Balaban J connectivity index is 1.84. The Morgan fingerprint density at radius 1 is 1.41 bits per heavy atom. The molecule has 1 fully saturated rings. The molecule has 1 aliphatic rings. The van der Waals surface area contributed by atoms with Gasteiger partial charge in [-0.25, -0.2) is 4.98 Å². The van der Waals surface area contributed by atoms with Crippen LogP contribution in [0.2, 0.25) is 0 Å². The quantitative estimate of drug-likeness (QED) is 0.823. The summed E-state index contributed by atoms with van der Waals surface area (Å²) in [5.74, 6) is 2.37. The highest BCUT2D eigenvalue weighted by Gasteiger charge is 2.16. The summed E-state index contributed by atoms with van der Waals surface area (Å²) in [5.41, 5.74) is 0. The molecule has 2 N–H and O–H groups in total. The Hall–Kier alpha value is -1.36. The Kier molecular flexibility index (Phi) is 4.14. The van der Waals surface area contributed by atoms with Crippen LogP contribution in [0.1, 0.15) is 12.8 Å². The van der Waals surface area contributed by atoms with Crippen LogP contribution < -0.4 is 10.6 Å². The lowest BCUT2D eigenvalue weighted by atomic mass is 9.98. The topological polar surface area (TPSA) is 53.1 Å². The summed E-state index contributed by atoms with van der Waals surface area (Å²) < 4.78 is 0. The van der Waals surface area contributed by atoms with Gasteiger partial charge >= 0.3 is 0 Å². The van der Waals surface area contributed by atoms with E-state index in [1.165, 1.54) is 25.9 Å². The lowest BCUT2D eigenvalue weighted by Gasteiger charge is -2.29. The van der Waals surface area contributed by atoms with Gasteiger partial charge in [-0.1, -0.05) is 0 Å². The minimum atomic E-state index is 0.716. The van der Waals surface area contributed by atoms with Gasteiger partial charge < -0.3 is 15.5 Å². The van der Waals surface area contributed by atoms with E-state index in [1.54, 1.807) is 12.4 Å². The average molecular weight is 235 g/mol. The number of nitrogens with one attached hydrogen (secondary N) is 2. The first-order valence-corrected chi connectivity index (χ1v) is 6.20. The van der Waals surface area contributed by atoms with Crippen molar-refractivity contribution in [1.29, 1.82) is 0 Å². The van der Waals surface area contributed by atoms with Crippen LogP contribution in [0, 0.1) is 5.92 Å². The van der Waals surface area contributed by atoms with Crippen LogP contribution in [0.4, 0.5) is 11.6 Å². The molecule has 1 aliphatic heterocycles. The van der Waals surface area contributed by atoms with Crippen molar-refractivity contribution in [1.82, 2.24) is 14.9 Å². The van der Waals surface area contributed by atoms with E-state index in [0.717, 1.165) is 18.2 Å².